The number of carboxylic acid groups (broad SMARTS) is 1. The molecule has 96 valence electrons. The van der Waals surface area contributed by atoms with E-state index in [-0.39, 0.29) is 0 Å². The fraction of sp³-hybridized carbons (Fsp3) is 0.118. The molecule has 0 atom stereocenters. The average molecular weight is 252 g/mol. The number of benzene rings is 2. The minimum Gasteiger partial charge on any atom is -0.478 e. The molecule has 0 aliphatic carbocycles. The molecule has 1 N–H and O–H groups in total. The monoisotopic (exact) mass is 252 g/mol. The van der Waals surface area contributed by atoms with Crippen molar-refractivity contribution in [3.05, 3.63) is 65.2 Å². The summed E-state index contributed by atoms with van der Waals surface area (Å²) in [6.45, 7) is 3.72. The van der Waals surface area contributed by atoms with Crippen LogP contribution in [0, 0.1) is 6.92 Å². The molecule has 2 aromatic carbocycles. The highest BCUT2D eigenvalue weighted by atomic mass is 16.4. The van der Waals surface area contributed by atoms with Gasteiger partial charge in [-0.3, -0.25) is 0 Å². The fourth-order valence-electron chi connectivity index (χ4n) is 2.21. The first-order valence-electron chi connectivity index (χ1n) is 6.19. The van der Waals surface area contributed by atoms with Crippen LogP contribution in [-0.4, -0.2) is 11.1 Å². The number of aromatic carboxylic acids is 1. The maximum atomic E-state index is 11.3. The normalized spacial score (nSPS) is 10.8. The summed E-state index contributed by atoms with van der Waals surface area (Å²) in [6, 6.07) is 13.8. The largest absolute Gasteiger partial charge is 0.478 e. The van der Waals surface area contributed by atoms with Crippen molar-refractivity contribution in [1.29, 1.82) is 0 Å². The Balaban J connectivity index is 2.64. The Hall–Kier alpha value is -2.35. The second-order valence-corrected chi connectivity index (χ2v) is 4.43. The van der Waals surface area contributed by atoms with E-state index in [0.29, 0.717) is 5.56 Å². The summed E-state index contributed by atoms with van der Waals surface area (Å²) in [7, 11) is 0. The van der Waals surface area contributed by atoms with E-state index in [1.54, 1.807) is 0 Å². The highest BCUT2D eigenvalue weighted by molar-refractivity contribution is 5.95. The highest BCUT2D eigenvalue weighted by Crippen LogP contribution is 2.26. The van der Waals surface area contributed by atoms with Crippen LogP contribution in [0.1, 0.15) is 28.4 Å². The zero-order chi connectivity index (χ0) is 13.8. The molecule has 0 radical (unpaired) electrons. The van der Waals surface area contributed by atoms with E-state index < -0.39 is 5.97 Å². The van der Waals surface area contributed by atoms with Gasteiger partial charge in [0.05, 0.1) is 5.56 Å². The molecule has 19 heavy (non-hydrogen) atoms. The third kappa shape index (κ3) is 2.74. The minimum absolute atomic E-state index is 0.373. The lowest BCUT2D eigenvalue weighted by molar-refractivity contribution is 0.0696. The average Bonchev–Trinajstić information content (AvgIpc) is 2.39. The summed E-state index contributed by atoms with van der Waals surface area (Å²) in [6.07, 6.45) is 3.69. The van der Waals surface area contributed by atoms with Gasteiger partial charge >= 0.3 is 5.97 Å². The summed E-state index contributed by atoms with van der Waals surface area (Å²) in [5.41, 5.74) is 4.03. The second-order valence-electron chi connectivity index (χ2n) is 4.43. The molecule has 2 aromatic rings. The van der Waals surface area contributed by atoms with E-state index in [9.17, 15) is 9.90 Å². The third-order valence-corrected chi connectivity index (χ3v) is 3.03. The Bertz CT molecular complexity index is 625. The number of hydrogen-bond donors (Lipinski definition) is 1. The Morgan fingerprint density at radius 3 is 2.37 bits per heavy atom. The number of carbonyl (C=O) groups is 1. The summed E-state index contributed by atoms with van der Waals surface area (Å²) < 4.78 is 0. The van der Waals surface area contributed by atoms with Gasteiger partial charge in [0.1, 0.15) is 0 Å². The Labute approximate surface area is 113 Å². The van der Waals surface area contributed by atoms with E-state index in [0.717, 1.165) is 22.3 Å². The van der Waals surface area contributed by atoms with Crippen LogP contribution in [0.2, 0.25) is 0 Å². The zero-order valence-corrected chi connectivity index (χ0v) is 11.1. The van der Waals surface area contributed by atoms with Crippen molar-refractivity contribution < 1.29 is 9.90 Å². The summed E-state index contributed by atoms with van der Waals surface area (Å²) in [5, 5.41) is 9.30. The predicted octanol–water partition coefficient (Wildman–Crippen LogP) is 4.39. The van der Waals surface area contributed by atoms with Gasteiger partial charge in [-0.2, -0.15) is 0 Å². The van der Waals surface area contributed by atoms with Gasteiger partial charge in [0.15, 0.2) is 0 Å². The molecule has 2 rings (SSSR count). The van der Waals surface area contributed by atoms with E-state index >= 15 is 0 Å². The van der Waals surface area contributed by atoms with E-state index in [1.165, 1.54) is 0 Å². The van der Waals surface area contributed by atoms with Crippen molar-refractivity contribution in [3.63, 3.8) is 0 Å². The molecule has 0 heterocycles. The van der Waals surface area contributed by atoms with Gasteiger partial charge in [-0.1, -0.05) is 48.6 Å². The van der Waals surface area contributed by atoms with Crippen molar-refractivity contribution in [3.8, 4) is 11.1 Å². The van der Waals surface area contributed by atoms with Crippen LogP contribution in [0.4, 0.5) is 0 Å². The molecule has 0 fully saturated rings. The Morgan fingerprint density at radius 2 is 1.79 bits per heavy atom. The number of rotatable bonds is 3. The highest BCUT2D eigenvalue weighted by Gasteiger charge is 2.13. The Kier molecular flexibility index (Phi) is 3.81. The zero-order valence-electron chi connectivity index (χ0n) is 11.1. The Morgan fingerprint density at radius 1 is 1.11 bits per heavy atom. The third-order valence-electron chi connectivity index (χ3n) is 3.03. The van der Waals surface area contributed by atoms with E-state index in [2.05, 4.69) is 0 Å². The molecule has 0 aliphatic heterocycles. The van der Waals surface area contributed by atoms with Gasteiger partial charge in [0.2, 0.25) is 0 Å². The first-order chi connectivity index (χ1) is 9.13. The number of carboxylic acids is 1. The lowest BCUT2D eigenvalue weighted by Gasteiger charge is -2.10. The summed E-state index contributed by atoms with van der Waals surface area (Å²) in [4.78, 5) is 11.3. The molecule has 0 unspecified atom stereocenters. The van der Waals surface area contributed by atoms with Crippen molar-refractivity contribution in [2.24, 2.45) is 0 Å². The van der Waals surface area contributed by atoms with Crippen LogP contribution in [-0.2, 0) is 0 Å². The maximum absolute atomic E-state index is 11.3. The molecule has 0 amide bonds. The molecule has 2 nitrogen and oxygen atoms in total. The fourth-order valence-corrected chi connectivity index (χ4v) is 2.21. The lowest BCUT2D eigenvalue weighted by atomic mass is 9.94. The van der Waals surface area contributed by atoms with Gasteiger partial charge in [-0.05, 0) is 42.2 Å². The van der Waals surface area contributed by atoms with Crippen LogP contribution in [0.3, 0.4) is 0 Å². The molecule has 0 aliphatic rings. The molecule has 0 saturated carbocycles. The molecule has 0 aromatic heterocycles. The number of allylic oxidation sites excluding steroid dienone is 1. The number of aryl methyl sites for hydroxylation is 1. The van der Waals surface area contributed by atoms with Gasteiger partial charge in [0.25, 0.3) is 0 Å². The lowest BCUT2D eigenvalue weighted by Crippen LogP contribution is -2.03. The second kappa shape index (κ2) is 5.53. The van der Waals surface area contributed by atoms with Gasteiger partial charge in [-0.25, -0.2) is 4.79 Å². The van der Waals surface area contributed by atoms with Gasteiger partial charge in [-0.15, -0.1) is 0 Å². The van der Waals surface area contributed by atoms with Gasteiger partial charge in [0, 0.05) is 0 Å². The standard InChI is InChI=1S/C17H16O2/c1-3-7-14-11-15(13-8-5-4-6-9-13)10-12(2)16(14)17(18)19/h3-11H,1-2H3,(H,18,19)/b7-3-. The van der Waals surface area contributed by atoms with Crippen LogP contribution in [0.25, 0.3) is 17.2 Å². The smallest absolute Gasteiger partial charge is 0.336 e. The van der Waals surface area contributed by atoms with Crippen molar-refractivity contribution >= 4 is 12.0 Å². The predicted molar refractivity (Wildman–Crippen MR) is 78.3 cm³/mol. The van der Waals surface area contributed by atoms with E-state index in [1.807, 2.05) is 68.5 Å². The van der Waals surface area contributed by atoms with Crippen LogP contribution in [0.15, 0.2) is 48.5 Å². The minimum atomic E-state index is -0.884. The number of hydrogen-bond acceptors (Lipinski definition) is 1. The summed E-state index contributed by atoms with van der Waals surface area (Å²) in [5.74, 6) is -0.884. The SMILES string of the molecule is C/C=C\c1cc(-c2ccccc2)cc(C)c1C(=O)O. The van der Waals surface area contributed by atoms with E-state index in [4.69, 9.17) is 0 Å². The van der Waals surface area contributed by atoms with Crippen LogP contribution >= 0.6 is 0 Å². The molecular weight excluding hydrogens is 236 g/mol. The van der Waals surface area contributed by atoms with Gasteiger partial charge < -0.3 is 5.11 Å². The van der Waals surface area contributed by atoms with Crippen molar-refractivity contribution in [2.45, 2.75) is 13.8 Å². The summed E-state index contributed by atoms with van der Waals surface area (Å²) >= 11 is 0. The quantitative estimate of drug-likeness (QED) is 0.879. The van der Waals surface area contributed by atoms with Crippen LogP contribution in [0.5, 0.6) is 0 Å². The first kappa shape index (κ1) is 13.1. The molecule has 0 spiro atoms. The first-order valence-corrected chi connectivity index (χ1v) is 6.19. The topological polar surface area (TPSA) is 37.3 Å². The van der Waals surface area contributed by atoms with Crippen molar-refractivity contribution in [1.82, 2.24) is 0 Å². The maximum Gasteiger partial charge on any atom is 0.336 e. The molecule has 0 bridgehead atoms. The molecular formula is C17H16O2. The molecule has 2 heteroatoms. The molecule has 0 saturated heterocycles. The van der Waals surface area contributed by atoms with Crippen LogP contribution < -0.4 is 0 Å². The van der Waals surface area contributed by atoms with Crippen molar-refractivity contribution in [2.75, 3.05) is 0 Å².